The normalized spacial score (nSPS) is 19.9. The van der Waals surface area contributed by atoms with Crippen LogP contribution in [0.5, 0.6) is 0 Å². The van der Waals surface area contributed by atoms with E-state index in [0.717, 1.165) is 17.9 Å². The second kappa shape index (κ2) is 4.36. The SMILES string of the molecule is CCc1ccc(C(O)C(C)C2CC2)cc1. The smallest absolute Gasteiger partial charge is 0.0818 e. The molecule has 1 heteroatoms. The van der Waals surface area contributed by atoms with E-state index in [1.807, 2.05) is 0 Å². The van der Waals surface area contributed by atoms with Crippen molar-refractivity contribution in [2.24, 2.45) is 11.8 Å². The number of benzene rings is 1. The summed E-state index contributed by atoms with van der Waals surface area (Å²) in [5.41, 5.74) is 2.41. The highest BCUT2D eigenvalue weighted by Crippen LogP contribution is 2.42. The molecule has 0 amide bonds. The van der Waals surface area contributed by atoms with Crippen molar-refractivity contribution in [2.45, 2.75) is 39.2 Å². The predicted molar refractivity (Wildman–Crippen MR) is 62.7 cm³/mol. The lowest BCUT2D eigenvalue weighted by atomic mass is 9.93. The number of rotatable bonds is 4. The van der Waals surface area contributed by atoms with Crippen molar-refractivity contribution in [1.82, 2.24) is 0 Å². The highest BCUT2D eigenvalue weighted by Gasteiger charge is 2.32. The van der Waals surface area contributed by atoms with Gasteiger partial charge in [-0.2, -0.15) is 0 Å². The average Bonchev–Trinajstić information content (AvgIpc) is 3.11. The molecule has 0 bridgehead atoms. The molecule has 2 unspecified atom stereocenters. The molecule has 0 aliphatic heterocycles. The van der Waals surface area contributed by atoms with Crippen LogP contribution in [0.3, 0.4) is 0 Å². The molecule has 1 aliphatic rings. The number of aliphatic hydroxyl groups is 1. The number of hydrogen-bond donors (Lipinski definition) is 1. The summed E-state index contributed by atoms with van der Waals surface area (Å²) in [5.74, 6) is 1.17. The van der Waals surface area contributed by atoms with Crippen LogP contribution in [0.2, 0.25) is 0 Å². The van der Waals surface area contributed by atoms with Crippen molar-refractivity contribution >= 4 is 0 Å². The van der Waals surface area contributed by atoms with Gasteiger partial charge >= 0.3 is 0 Å². The van der Waals surface area contributed by atoms with Crippen molar-refractivity contribution in [3.8, 4) is 0 Å². The van der Waals surface area contributed by atoms with Crippen LogP contribution in [0, 0.1) is 11.8 Å². The Morgan fingerprint density at radius 3 is 2.33 bits per heavy atom. The summed E-state index contributed by atoms with van der Waals surface area (Å²) in [6, 6.07) is 8.39. The van der Waals surface area contributed by atoms with Crippen LogP contribution in [0.15, 0.2) is 24.3 Å². The van der Waals surface area contributed by atoms with Crippen molar-refractivity contribution < 1.29 is 5.11 Å². The van der Waals surface area contributed by atoms with E-state index in [1.165, 1.54) is 18.4 Å². The van der Waals surface area contributed by atoms with Gasteiger partial charge in [0.25, 0.3) is 0 Å². The highest BCUT2D eigenvalue weighted by molar-refractivity contribution is 5.24. The molecular weight excluding hydrogens is 184 g/mol. The number of aliphatic hydroxyl groups excluding tert-OH is 1. The van der Waals surface area contributed by atoms with E-state index in [9.17, 15) is 5.11 Å². The molecule has 1 fully saturated rings. The van der Waals surface area contributed by atoms with E-state index in [4.69, 9.17) is 0 Å². The van der Waals surface area contributed by atoms with Gasteiger partial charge in [0.2, 0.25) is 0 Å². The summed E-state index contributed by atoms with van der Waals surface area (Å²) in [7, 11) is 0. The minimum Gasteiger partial charge on any atom is -0.388 e. The summed E-state index contributed by atoms with van der Waals surface area (Å²) in [5, 5.41) is 10.2. The van der Waals surface area contributed by atoms with Crippen LogP contribution in [-0.2, 0) is 6.42 Å². The number of aryl methyl sites for hydroxylation is 1. The Kier molecular flexibility index (Phi) is 3.11. The lowest BCUT2D eigenvalue weighted by Crippen LogP contribution is -2.10. The van der Waals surface area contributed by atoms with Crippen LogP contribution in [0.4, 0.5) is 0 Å². The Morgan fingerprint density at radius 1 is 1.27 bits per heavy atom. The first-order valence-electron chi connectivity index (χ1n) is 5.99. The first-order chi connectivity index (χ1) is 7.22. The van der Waals surface area contributed by atoms with Crippen molar-refractivity contribution in [2.75, 3.05) is 0 Å². The monoisotopic (exact) mass is 204 g/mol. The summed E-state index contributed by atoms with van der Waals surface area (Å²) in [6.07, 6.45) is 3.38. The van der Waals surface area contributed by atoms with Gasteiger partial charge in [-0.15, -0.1) is 0 Å². The molecule has 2 rings (SSSR count). The van der Waals surface area contributed by atoms with Crippen molar-refractivity contribution in [3.63, 3.8) is 0 Å². The Morgan fingerprint density at radius 2 is 1.87 bits per heavy atom. The molecule has 0 aromatic heterocycles. The van der Waals surface area contributed by atoms with Crippen LogP contribution in [0.25, 0.3) is 0 Å². The van der Waals surface area contributed by atoms with Gasteiger partial charge in [-0.25, -0.2) is 0 Å². The van der Waals surface area contributed by atoms with E-state index >= 15 is 0 Å². The number of hydrogen-bond acceptors (Lipinski definition) is 1. The van der Waals surface area contributed by atoms with Gasteiger partial charge in [0, 0.05) is 0 Å². The van der Waals surface area contributed by atoms with Crippen LogP contribution in [0.1, 0.15) is 43.9 Å². The minimum absolute atomic E-state index is 0.275. The second-order valence-electron chi connectivity index (χ2n) is 4.74. The second-order valence-corrected chi connectivity index (χ2v) is 4.74. The maximum atomic E-state index is 10.2. The maximum absolute atomic E-state index is 10.2. The first-order valence-corrected chi connectivity index (χ1v) is 5.99. The van der Waals surface area contributed by atoms with Gasteiger partial charge < -0.3 is 5.11 Å². The molecule has 1 nitrogen and oxygen atoms in total. The fraction of sp³-hybridized carbons (Fsp3) is 0.571. The zero-order valence-electron chi connectivity index (χ0n) is 9.61. The summed E-state index contributed by atoms with van der Waals surface area (Å²) >= 11 is 0. The molecule has 0 saturated heterocycles. The average molecular weight is 204 g/mol. The van der Waals surface area contributed by atoms with E-state index in [2.05, 4.69) is 38.1 Å². The van der Waals surface area contributed by atoms with Gasteiger partial charge in [0.1, 0.15) is 0 Å². The van der Waals surface area contributed by atoms with E-state index in [0.29, 0.717) is 5.92 Å². The zero-order valence-corrected chi connectivity index (χ0v) is 9.61. The molecule has 1 saturated carbocycles. The molecule has 1 aromatic rings. The summed E-state index contributed by atoms with van der Waals surface area (Å²) < 4.78 is 0. The minimum atomic E-state index is -0.275. The van der Waals surface area contributed by atoms with Crippen molar-refractivity contribution in [1.29, 1.82) is 0 Å². The molecular formula is C14H20O. The molecule has 1 aromatic carbocycles. The first kappa shape index (κ1) is 10.7. The lowest BCUT2D eigenvalue weighted by Gasteiger charge is -2.18. The Bertz CT molecular complexity index is 311. The van der Waals surface area contributed by atoms with Crippen molar-refractivity contribution in [3.05, 3.63) is 35.4 Å². The largest absolute Gasteiger partial charge is 0.388 e. The summed E-state index contributed by atoms with van der Waals surface area (Å²) in [4.78, 5) is 0. The third-order valence-electron chi connectivity index (χ3n) is 3.59. The Hall–Kier alpha value is -0.820. The molecule has 2 atom stereocenters. The zero-order chi connectivity index (χ0) is 10.8. The molecule has 0 radical (unpaired) electrons. The fourth-order valence-corrected chi connectivity index (χ4v) is 2.13. The van der Waals surface area contributed by atoms with E-state index in [-0.39, 0.29) is 6.10 Å². The topological polar surface area (TPSA) is 20.2 Å². The van der Waals surface area contributed by atoms with Gasteiger partial charge in [0.15, 0.2) is 0 Å². The van der Waals surface area contributed by atoms with E-state index < -0.39 is 0 Å². The maximum Gasteiger partial charge on any atom is 0.0818 e. The third kappa shape index (κ3) is 2.40. The molecule has 15 heavy (non-hydrogen) atoms. The quantitative estimate of drug-likeness (QED) is 0.797. The van der Waals surface area contributed by atoms with Crippen LogP contribution >= 0.6 is 0 Å². The standard InChI is InChI=1S/C14H20O/c1-3-11-4-6-13(7-5-11)14(15)10(2)12-8-9-12/h4-7,10,12,14-15H,3,8-9H2,1-2H3. The fourth-order valence-electron chi connectivity index (χ4n) is 2.13. The van der Waals surface area contributed by atoms with Gasteiger partial charge in [0.05, 0.1) is 6.10 Å². The van der Waals surface area contributed by atoms with Crippen LogP contribution in [-0.4, -0.2) is 5.11 Å². The molecule has 1 aliphatic carbocycles. The molecule has 1 N–H and O–H groups in total. The Labute approximate surface area is 92.1 Å². The highest BCUT2D eigenvalue weighted by atomic mass is 16.3. The third-order valence-corrected chi connectivity index (χ3v) is 3.59. The molecule has 0 heterocycles. The molecule has 0 spiro atoms. The van der Waals surface area contributed by atoms with Gasteiger partial charge in [-0.3, -0.25) is 0 Å². The van der Waals surface area contributed by atoms with Gasteiger partial charge in [-0.05, 0) is 42.2 Å². The van der Waals surface area contributed by atoms with E-state index in [1.54, 1.807) is 0 Å². The Balaban J connectivity index is 2.07. The van der Waals surface area contributed by atoms with Crippen LogP contribution < -0.4 is 0 Å². The predicted octanol–water partition coefficient (Wildman–Crippen LogP) is 3.33. The summed E-state index contributed by atoms with van der Waals surface area (Å²) in [6.45, 7) is 4.31. The molecule has 82 valence electrons. The lowest BCUT2D eigenvalue weighted by molar-refractivity contribution is 0.106. The van der Waals surface area contributed by atoms with Gasteiger partial charge in [-0.1, -0.05) is 38.1 Å².